The summed E-state index contributed by atoms with van der Waals surface area (Å²) < 4.78 is 5.00. The molecule has 0 aromatic heterocycles. The van der Waals surface area contributed by atoms with E-state index >= 15 is 0 Å². The zero-order valence-electron chi connectivity index (χ0n) is 10.9. The van der Waals surface area contributed by atoms with Gasteiger partial charge in [0, 0.05) is 26.1 Å². The number of ether oxygens (including phenoxy) is 1. The van der Waals surface area contributed by atoms with Crippen LogP contribution < -0.4 is 5.32 Å². The van der Waals surface area contributed by atoms with E-state index < -0.39 is 0 Å². The number of amides is 2. The van der Waals surface area contributed by atoms with Gasteiger partial charge in [0.15, 0.2) is 0 Å². The Morgan fingerprint density at radius 1 is 1.29 bits per heavy atom. The zero-order valence-corrected chi connectivity index (χ0v) is 10.9. The Morgan fingerprint density at radius 2 is 1.94 bits per heavy atom. The predicted octanol–water partition coefficient (Wildman–Crippen LogP) is 0.788. The molecule has 1 saturated heterocycles. The molecule has 0 radical (unpaired) electrons. The minimum absolute atomic E-state index is 0.180. The molecular formula is C12H24N2O3. The largest absolute Gasteiger partial charge is 0.378 e. The summed E-state index contributed by atoms with van der Waals surface area (Å²) in [7, 11) is 0. The molecule has 5 nitrogen and oxygen atoms in total. The Balaban J connectivity index is 0.000000302. The summed E-state index contributed by atoms with van der Waals surface area (Å²) in [5.74, 6) is 0.180. The molecule has 0 aromatic rings. The van der Waals surface area contributed by atoms with Crippen LogP contribution in [0.4, 0.5) is 0 Å². The molecule has 5 heteroatoms. The lowest BCUT2D eigenvalue weighted by Gasteiger charge is -2.21. The molecule has 0 saturated carbocycles. The molecule has 1 rings (SSSR count). The van der Waals surface area contributed by atoms with Crippen molar-refractivity contribution >= 4 is 12.3 Å². The van der Waals surface area contributed by atoms with E-state index in [1.54, 1.807) is 4.90 Å². The second-order valence-electron chi connectivity index (χ2n) is 3.85. The highest BCUT2D eigenvalue weighted by Crippen LogP contribution is 1.90. The molecule has 1 N–H and O–H groups in total. The van der Waals surface area contributed by atoms with Crippen molar-refractivity contribution in [2.75, 3.05) is 32.8 Å². The van der Waals surface area contributed by atoms with E-state index in [1.165, 1.54) is 0 Å². The summed E-state index contributed by atoms with van der Waals surface area (Å²) in [6.07, 6.45) is 3.49. The molecule has 1 aliphatic heterocycles. The number of nitrogens with zero attached hydrogens (tertiary/aromatic N) is 1. The second-order valence-corrected chi connectivity index (χ2v) is 3.85. The SMILES string of the molecule is CCCNC(=O)CCC.O=CN1CCOCC1. The summed E-state index contributed by atoms with van der Waals surface area (Å²) in [5.41, 5.74) is 0. The minimum atomic E-state index is 0.180. The molecule has 0 unspecified atom stereocenters. The van der Waals surface area contributed by atoms with Gasteiger partial charge >= 0.3 is 0 Å². The van der Waals surface area contributed by atoms with E-state index in [0.717, 1.165) is 38.9 Å². The Labute approximate surface area is 103 Å². The number of hydrogen-bond donors (Lipinski definition) is 1. The van der Waals surface area contributed by atoms with Crippen molar-refractivity contribution in [3.63, 3.8) is 0 Å². The summed E-state index contributed by atoms with van der Waals surface area (Å²) in [6, 6.07) is 0. The first kappa shape index (κ1) is 15.9. The average Bonchev–Trinajstić information content (AvgIpc) is 2.38. The van der Waals surface area contributed by atoms with Crippen LogP contribution in [0.25, 0.3) is 0 Å². The average molecular weight is 244 g/mol. The van der Waals surface area contributed by atoms with E-state index in [0.29, 0.717) is 19.6 Å². The van der Waals surface area contributed by atoms with E-state index in [2.05, 4.69) is 5.32 Å². The van der Waals surface area contributed by atoms with Crippen molar-refractivity contribution < 1.29 is 14.3 Å². The van der Waals surface area contributed by atoms with Crippen LogP contribution in [-0.2, 0) is 14.3 Å². The third-order valence-electron chi connectivity index (χ3n) is 2.24. The smallest absolute Gasteiger partial charge is 0.219 e. The third kappa shape index (κ3) is 9.81. The van der Waals surface area contributed by atoms with Crippen LogP contribution in [0, 0.1) is 0 Å². The van der Waals surface area contributed by atoms with E-state index in [4.69, 9.17) is 4.74 Å². The van der Waals surface area contributed by atoms with Crippen molar-refractivity contribution in [1.82, 2.24) is 10.2 Å². The van der Waals surface area contributed by atoms with Crippen LogP contribution in [0.1, 0.15) is 33.1 Å². The Bertz CT molecular complexity index is 204. The molecule has 0 spiro atoms. The number of nitrogens with one attached hydrogen (secondary N) is 1. The Kier molecular flexibility index (Phi) is 10.7. The maximum atomic E-state index is 10.7. The van der Waals surface area contributed by atoms with E-state index in [-0.39, 0.29) is 5.91 Å². The van der Waals surface area contributed by atoms with Crippen LogP contribution in [0.3, 0.4) is 0 Å². The predicted molar refractivity (Wildman–Crippen MR) is 66.7 cm³/mol. The standard InChI is InChI=1S/C7H15NO.C5H9NO2/c1-3-5-7(9)8-6-4-2;7-5-6-1-3-8-4-2-6/h3-6H2,1-2H3,(H,8,9);5H,1-4H2. The van der Waals surface area contributed by atoms with Gasteiger partial charge in [-0.3, -0.25) is 9.59 Å². The Morgan fingerprint density at radius 3 is 2.35 bits per heavy atom. The third-order valence-corrected chi connectivity index (χ3v) is 2.24. The van der Waals surface area contributed by atoms with Gasteiger partial charge in [-0.05, 0) is 12.8 Å². The fourth-order valence-electron chi connectivity index (χ4n) is 1.26. The van der Waals surface area contributed by atoms with Crippen LogP contribution in [0.5, 0.6) is 0 Å². The quantitative estimate of drug-likeness (QED) is 0.727. The highest BCUT2D eigenvalue weighted by Gasteiger charge is 2.05. The fourth-order valence-corrected chi connectivity index (χ4v) is 1.26. The lowest BCUT2D eigenvalue weighted by atomic mass is 10.3. The second kappa shape index (κ2) is 11.4. The first-order chi connectivity index (χ1) is 8.24. The highest BCUT2D eigenvalue weighted by atomic mass is 16.5. The van der Waals surface area contributed by atoms with Gasteiger partial charge in [-0.25, -0.2) is 0 Å². The van der Waals surface area contributed by atoms with Crippen LogP contribution in [0.15, 0.2) is 0 Å². The normalized spacial score (nSPS) is 14.6. The van der Waals surface area contributed by atoms with Crippen LogP contribution in [0.2, 0.25) is 0 Å². The number of carbonyl (C=O) groups excluding carboxylic acids is 2. The van der Waals surface area contributed by atoms with Crippen molar-refractivity contribution in [1.29, 1.82) is 0 Å². The van der Waals surface area contributed by atoms with Gasteiger partial charge in [0.25, 0.3) is 0 Å². The first-order valence-corrected chi connectivity index (χ1v) is 6.28. The molecule has 0 aromatic carbocycles. The molecule has 1 fully saturated rings. The molecule has 17 heavy (non-hydrogen) atoms. The maximum Gasteiger partial charge on any atom is 0.219 e. The molecule has 1 aliphatic rings. The van der Waals surface area contributed by atoms with Crippen LogP contribution >= 0.6 is 0 Å². The molecule has 0 aliphatic carbocycles. The van der Waals surface area contributed by atoms with E-state index in [1.807, 2.05) is 13.8 Å². The molecular weight excluding hydrogens is 220 g/mol. The molecule has 1 heterocycles. The summed E-state index contributed by atoms with van der Waals surface area (Å²) in [6.45, 7) is 7.76. The van der Waals surface area contributed by atoms with Gasteiger partial charge in [-0.2, -0.15) is 0 Å². The molecule has 0 atom stereocenters. The Hall–Kier alpha value is -1.10. The lowest BCUT2D eigenvalue weighted by Crippen LogP contribution is -2.34. The number of carbonyl (C=O) groups is 2. The monoisotopic (exact) mass is 244 g/mol. The number of hydrogen-bond acceptors (Lipinski definition) is 3. The molecule has 100 valence electrons. The van der Waals surface area contributed by atoms with Crippen molar-refractivity contribution in [3.8, 4) is 0 Å². The summed E-state index contributed by atoms with van der Waals surface area (Å²) >= 11 is 0. The number of morpholine rings is 1. The van der Waals surface area contributed by atoms with Crippen molar-refractivity contribution in [2.24, 2.45) is 0 Å². The zero-order chi connectivity index (χ0) is 12.9. The van der Waals surface area contributed by atoms with Gasteiger partial charge in [-0.15, -0.1) is 0 Å². The van der Waals surface area contributed by atoms with Gasteiger partial charge < -0.3 is 15.0 Å². The fraction of sp³-hybridized carbons (Fsp3) is 0.833. The highest BCUT2D eigenvalue weighted by molar-refractivity contribution is 5.75. The van der Waals surface area contributed by atoms with E-state index in [9.17, 15) is 9.59 Å². The number of rotatable bonds is 5. The van der Waals surface area contributed by atoms with Gasteiger partial charge in [0.2, 0.25) is 12.3 Å². The summed E-state index contributed by atoms with van der Waals surface area (Å²) in [5, 5.41) is 2.79. The van der Waals surface area contributed by atoms with Gasteiger partial charge in [-0.1, -0.05) is 13.8 Å². The molecule has 2 amide bonds. The minimum Gasteiger partial charge on any atom is -0.378 e. The lowest BCUT2D eigenvalue weighted by molar-refractivity contribution is -0.122. The summed E-state index contributed by atoms with van der Waals surface area (Å²) in [4.78, 5) is 22.4. The van der Waals surface area contributed by atoms with Crippen molar-refractivity contribution in [3.05, 3.63) is 0 Å². The molecule has 0 bridgehead atoms. The topological polar surface area (TPSA) is 58.6 Å². The van der Waals surface area contributed by atoms with Gasteiger partial charge in [0.1, 0.15) is 0 Å². The first-order valence-electron chi connectivity index (χ1n) is 6.28. The maximum absolute atomic E-state index is 10.7. The van der Waals surface area contributed by atoms with Crippen LogP contribution in [-0.4, -0.2) is 50.1 Å². The van der Waals surface area contributed by atoms with Gasteiger partial charge in [0.05, 0.1) is 13.2 Å². The van der Waals surface area contributed by atoms with Crippen molar-refractivity contribution in [2.45, 2.75) is 33.1 Å².